The average molecular weight is 446 g/mol. The van der Waals surface area contributed by atoms with Crippen LogP contribution in [0.3, 0.4) is 0 Å². The molecule has 0 fully saturated rings. The first-order valence-corrected chi connectivity index (χ1v) is 12.4. The number of benzene rings is 2. The Kier molecular flexibility index (Phi) is 6.31. The molecule has 2 N–H and O–H groups in total. The fourth-order valence-corrected chi connectivity index (χ4v) is 5.77. The van der Waals surface area contributed by atoms with Gasteiger partial charge >= 0.3 is 178 Å². The number of hydrogen-bond donors (Lipinski definition) is 1. The zero-order chi connectivity index (χ0) is 20.1. The molecule has 0 saturated heterocycles. The Balaban J connectivity index is 1.82. The van der Waals surface area contributed by atoms with E-state index in [0.717, 1.165) is 38.0 Å². The number of anilines is 1. The van der Waals surface area contributed by atoms with Gasteiger partial charge in [0.2, 0.25) is 0 Å². The summed E-state index contributed by atoms with van der Waals surface area (Å²) in [5.74, 6) is 0.847. The van der Waals surface area contributed by atoms with Gasteiger partial charge in [0.1, 0.15) is 0 Å². The van der Waals surface area contributed by atoms with Gasteiger partial charge in [0.25, 0.3) is 0 Å². The van der Waals surface area contributed by atoms with Crippen LogP contribution in [0.15, 0.2) is 65.3 Å². The molecule has 0 atom stereocenters. The van der Waals surface area contributed by atoms with Crippen LogP contribution in [0.2, 0.25) is 5.21 Å². The number of nitrogens with two attached hydrogens (primary N) is 1. The van der Waals surface area contributed by atoms with Crippen LogP contribution in [0.5, 0.6) is 0 Å². The van der Waals surface area contributed by atoms with Crippen molar-refractivity contribution >= 4 is 37.0 Å². The van der Waals surface area contributed by atoms with Crippen molar-refractivity contribution in [3.05, 3.63) is 60.9 Å². The van der Waals surface area contributed by atoms with Crippen molar-refractivity contribution in [3.8, 4) is 22.5 Å². The van der Waals surface area contributed by atoms with E-state index in [1.807, 2.05) is 30.3 Å². The van der Waals surface area contributed by atoms with Crippen molar-refractivity contribution in [3.63, 3.8) is 0 Å². The summed E-state index contributed by atoms with van der Waals surface area (Å²) < 4.78 is 7.44. The van der Waals surface area contributed by atoms with Gasteiger partial charge in [-0.25, -0.2) is 0 Å². The summed E-state index contributed by atoms with van der Waals surface area (Å²) in [6.45, 7) is 2.25. The van der Waals surface area contributed by atoms with Gasteiger partial charge in [0.05, 0.1) is 0 Å². The summed E-state index contributed by atoms with van der Waals surface area (Å²) in [4.78, 5) is 9.14. The molecule has 29 heavy (non-hydrogen) atoms. The molecule has 2 heterocycles. The summed E-state index contributed by atoms with van der Waals surface area (Å²) >= 11 is -0.0340. The number of aromatic nitrogens is 2. The number of hydrogen-bond acceptors (Lipinski definition) is 4. The van der Waals surface area contributed by atoms with Crippen LogP contribution >= 0.6 is 0 Å². The van der Waals surface area contributed by atoms with E-state index in [0.29, 0.717) is 5.71 Å². The van der Waals surface area contributed by atoms with Gasteiger partial charge in [-0.1, -0.05) is 0 Å². The first-order chi connectivity index (χ1) is 14.3. The molecule has 0 aliphatic carbocycles. The number of furan rings is 1. The Bertz CT molecular complexity index is 1070. The minimum atomic E-state index is -0.0340. The molecule has 4 aromatic rings. The monoisotopic (exact) mass is 446 g/mol. The van der Waals surface area contributed by atoms with Gasteiger partial charge in [0.15, 0.2) is 0 Å². The molecular formula is C24H25AsN3O. The van der Waals surface area contributed by atoms with E-state index in [9.17, 15) is 0 Å². The number of rotatable bonds is 8. The molecule has 4 rings (SSSR count). The van der Waals surface area contributed by atoms with Crippen LogP contribution in [0.25, 0.3) is 33.6 Å². The summed E-state index contributed by atoms with van der Waals surface area (Å²) in [5, 5.41) is 2.28. The topological polar surface area (TPSA) is 64.9 Å². The third kappa shape index (κ3) is 4.38. The Morgan fingerprint density at radius 3 is 2.45 bits per heavy atom. The number of nitrogen functional groups attached to an aromatic ring is 1. The second-order valence-electron chi connectivity index (χ2n) is 7.11. The molecule has 0 spiro atoms. The average Bonchev–Trinajstić information content (AvgIpc) is 3.15. The van der Waals surface area contributed by atoms with Gasteiger partial charge < -0.3 is 0 Å². The molecule has 0 aliphatic heterocycles. The maximum absolute atomic E-state index is 6.29. The van der Waals surface area contributed by atoms with Gasteiger partial charge in [-0.3, -0.25) is 0 Å². The molecule has 5 heteroatoms. The second kappa shape index (κ2) is 9.28. The maximum atomic E-state index is 6.29. The quantitative estimate of drug-likeness (QED) is 0.222. The Morgan fingerprint density at radius 2 is 1.69 bits per heavy atom. The van der Waals surface area contributed by atoms with Gasteiger partial charge in [-0.2, -0.15) is 0 Å². The van der Waals surface area contributed by atoms with Crippen LogP contribution in [0.4, 0.5) is 5.69 Å². The van der Waals surface area contributed by atoms with Crippen LogP contribution in [0, 0.1) is 0 Å². The van der Waals surface area contributed by atoms with Crippen molar-refractivity contribution in [2.24, 2.45) is 0 Å². The Labute approximate surface area is 178 Å². The molecule has 2 aromatic heterocycles. The van der Waals surface area contributed by atoms with Gasteiger partial charge in [-0.05, 0) is 0 Å². The van der Waals surface area contributed by atoms with Gasteiger partial charge in [0, 0.05) is 0 Å². The van der Waals surface area contributed by atoms with E-state index in [-0.39, 0.29) is 15.8 Å². The second-order valence-corrected chi connectivity index (χ2v) is 9.60. The summed E-state index contributed by atoms with van der Waals surface area (Å²) in [7, 11) is 0. The van der Waals surface area contributed by atoms with E-state index >= 15 is 0 Å². The van der Waals surface area contributed by atoms with Crippen molar-refractivity contribution in [2.75, 3.05) is 5.73 Å². The number of fused-ring (bicyclic) bond motifs is 1. The summed E-state index contributed by atoms with van der Waals surface area (Å²) in [6.07, 6.45) is 6.77. The molecule has 4 nitrogen and oxygen atoms in total. The van der Waals surface area contributed by atoms with Crippen molar-refractivity contribution in [1.82, 2.24) is 9.97 Å². The molecule has 0 saturated carbocycles. The standard InChI is InChI=1S/C24H25AsN3O/c1-2-3-4-8-15-25-23-21-20(17-11-13-19(26)14-12-17)22(18-9-6-5-7-10-18)29-24(21)28-16-27-23/h5-7,9-14,16H,2-4,8,15,26H2,1H3. The fraction of sp³-hybridized carbons (Fsp3) is 0.250. The molecule has 0 unspecified atom stereocenters. The zero-order valence-electron chi connectivity index (χ0n) is 16.6. The molecular weight excluding hydrogens is 421 g/mol. The molecule has 0 amide bonds. The van der Waals surface area contributed by atoms with E-state index in [1.165, 1.54) is 30.9 Å². The fourth-order valence-electron chi connectivity index (χ4n) is 3.48. The van der Waals surface area contributed by atoms with E-state index in [2.05, 4.69) is 41.2 Å². The molecule has 147 valence electrons. The molecule has 0 aliphatic rings. The first kappa shape index (κ1) is 19.7. The van der Waals surface area contributed by atoms with Crippen molar-refractivity contribution < 1.29 is 4.42 Å². The molecule has 1 radical (unpaired) electrons. The third-order valence-corrected chi connectivity index (χ3v) is 7.45. The summed E-state index contributed by atoms with van der Waals surface area (Å²) in [6, 6.07) is 18.2. The first-order valence-electron chi connectivity index (χ1n) is 10.1. The predicted molar refractivity (Wildman–Crippen MR) is 121 cm³/mol. The van der Waals surface area contributed by atoms with E-state index in [1.54, 1.807) is 6.33 Å². The van der Waals surface area contributed by atoms with E-state index < -0.39 is 0 Å². The number of nitrogens with zero attached hydrogens (tertiary/aromatic N) is 2. The van der Waals surface area contributed by atoms with Crippen LogP contribution in [-0.4, -0.2) is 25.7 Å². The van der Waals surface area contributed by atoms with Crippen molar-refractivity contribution in [1.29, 1.82) is 0 Å². The van der Waals surface area contributed by atoms with Crippen LogP contribution < -0.4 is 10.2 Å². The SMILES string of the molecule is CCCCCC[As]c1ncnc2oc(-c3ccccc3)c(-c3ccc(N)cc3)c12. The van der Waals surface area contributed by atoms with E-state index in [4.69, 9.17) is 10.2 Å². The van der Waals surface area contributed by atoms with Crippen LogP contribution in [0.1, 0.15) is 32.6 Å². The predicted octanol–water partition coefficient (Wildman–Crippen LogP) is 5.47. The minimum absolute atomic E-state index is 0.0340. The molecule has 2 aromatic carbocycles. The summed E-state index contributed by atoms with van der Waals surface area (Å²) in [5.41, 5.74) is 10.6. The van der Waals surface area contributed by atoms with Crippen molar-refractivity contribution in [2.45, 2.75) is 37.8 Å². The zero-order valence-corrected chi connectivity index (χ0v) is 18.5. The van der Waals surface area contributed by atoms with Crippen LogP contribution in [-0.2, 0) is 0 Å². The Hall–Kier alpha value is -2.58. The number of unbranched alkanes of at least 4 members (excludes halogenated alkanes) is 3. The third-order valence-electron chi connectivity index (χ3n) is 4.98. The Morgan fingerprint density at radius 1 is 0.897 bits per heavy atom. The van der Waals surface area contributed by atoms with Gasteiger partial charge in [-0.15, -0.1) is 0 Å². The molecule has 0 bridgehead atoms. The normalized spacial score (nSPS) is 11.6.